The smallest absolute Gasteiger partial charge is 0.339 e. The van der Waals surface area contributed by atoms with Gasteiger partial charge in [0.25, 0.3) is 0 Å². The Labute approximate surface area is 180 Å². The van der Waals surface area contributed by atoms with Gasteiger partial charge in [-0.25, -0.2) is 23.8 Å². The van der Waals surface area contributed by atoms with Crippen molar-refractivity contribution in [2.24, 2.45) is 10.2 Å². The normalized spacial score (nSPS) is 11.5. The van der Waals surface area contributed by atoms with Gasteiger partial charge >= 0.3 is 6.03 Å². The lowest BCUT2D eigenvalue weighted by molar-refractivity contribution is 0.252. The molecule has 4 N–H and O–H groups in total. The number of methoxy groups -OCH3 is 1. The summed E-state index contributed by atoms with van der Waals surface area (Å²) in [5.74, 6) is 0.693. The Hall–Kier alpha value is -3.63. The van der Waals surface area contributed by atoms with Crippen LogP contribution in [0.25, 0.3) is 5.69 Å². The Morgan fingerprint density at radius 2 is 1.74 bits per heavy atom. The molecule has 1 aromatic heterocycles. The van der Waals surface area contributed by atoms with Gasteiger partial charge in [0.1, 0.15) is 5.75 Å². The predicted octanol–water partition coefficient (Wildman–Crippen LogP) is 2.91. The minimum Gasteiger partial charge on any atom is -0.497 e. The first kappa shape index (κ1) is 22.1. The maximum absolute atomic E-state index is 12.0. The summed E-state index contributed by atoms with van der Waals surface area (Å²) in [5, 5.41) is 11.8. The van der Waals surface area contributed by atoms with Crippen LogP contribution in [0.4, 0.5) is 10.5 Å². The molecule has 0 atom stereocenters. The third-order valence-electron chi connectivity index (χ3n) is 4.61. The van der Waals surface area contributed by atoms with E-state index >= 15 is 0 Å². The van der Waals surface area contributed by atoms with Gasteiger partial charge in [-0.1, -0.05) is 0 Å². The second-order valence-electron chi connectivity index (χ2n) is 6.75. The molecule has 162 valence electrons. The van der Waals surface area contributed by atoms with Crippen LogP contribution in [0.3, 0.4) is 0 Å². The van der Waals surface area contributed by atoms with E-state index in [-0.39, 0.29) is 4.90 Å². The monoisotopic (exact) mass is 441 g/mol. The second kappa shape index (κ2) is 9.02. The van der Waals surface area contributed by atoms with Crippen molar-refractivity contribution in [2.45, 2.75) is 18.7 Å². The summed E-state index contributed by atoms with van der Waals surface area (Å²) in [6, 6.07) is 14.6. The average Bonchev–Trinajstić information content (AvgIpc) is 3.01. The summed E-state index contributed by atoms with van der Waals surface area (Å²) in [6.45, 7) is 3.82. The molecule has 10 heteroatoms. The van der Waals surface area contributed by atoms with Crippen LogP contribution in [0.15, 0.2) is 64.6 Å². The van der Waals surface area contributed by atoms with Gasteiger partial charge in [-0.05, 0) is 68.4 Å². The molecule has 0 saturated heterocycles. The van der Waals surface area contributed by atoms with Crippen LogP contribution in [0.2, 0.25) is 0 Å². The minimum atomic E-state index is -3.75. The first-order chi connectivity index (χ1) is 14.7. The summed E-state index contributed by atoms with van der Waals surface area (Å²) >= 11 is 0. The van der Waals surface area contributed by atoms with E-state index in [0.29, 0.717) is 11.4 Å². The first-order valence-electron chi connectivity index (χ1n) is 9.25. The number of primary sulfonamides is 1. The first-order valence-corrected chi connectivity index (χ1v) is 10.8. The quantitative estimate of drug-likeness (QED) is 0.401. The number of aromatic nitrogens is 1. The molecule has 0 bridgehead atoms. The number of hydrogen-bond acceptors (Lipinski definition) is 5. The highest BCUT2D eigenvalue weighted by molar-refractivity contribution is 7.89. The zero-order valence-electron chi connectivity index (χ0n) is 17.3. The van der Waals surface area contributed by atoms with Crippen molar-refractivity contribution in [1.29, 1.82) is 0 Å². The molecule has 1 heterocycles. The van der Waals surface area contributed by atoms with Crippen molar-refractivity contribution < 1.29 is 17.9 Å². The molecule has 31 heavy (non-hydrogen) atoms. The third kappa shape index (κ3) is 5.30. The van der Waals surface area contributed by atoms with Crippen molar-refractivity contribution >= 4 is 28.0 Å². The number of nitrogens with zero attached hydrogens (tertiary/aromatic N) is 2. The maximum Gasteiger partial charge on any atom is 0.339 e. The van der Waals surface area contributed by atoms with E-state index in [1.165, 1.54) is 12.1 Å². The number of hydrogen-bond donors (Lipinski definition) is 3. The van der Waals surface area contributed by atoms with E-state index in [0.717, 1.165) is 22.6 Å². The van der Waals surface area contributed by atoms with Crippen LogP contribution in [-0.4, -0.2) is 32.3 Å². The van der Waals surface area contributed by atoms with Gasteiger partial charge in [-0.3, -0.25) is 0 Å². The van der Waals surface area contributed by atoms with Crippen molar-refractivity contribution in [3.8, 4) is 11.4 Å². The summed E-state index contributed by atoms with van der Waals surface area (Å²) in [7, 11) is -2.18. The number of sulfonamides is 1. The molecule has 0 saturated carbocycles. The van der Waals surface area contributed by atoms with Crippen LogP contribution in [-0.2, 0) is 10.0 Å². The van der Waals surface area contributed by atoms with Gasteiger partial charge in [0, 0.05) is 28.3 Å². The number of rotatable bonds is 6. The molecular formula is C21H23N5O4S. The highest BCUT2D eigenvalue weighted by atomic mass is 32.2. The molecule has 0 unspecified atom stereocenters. The number of ether oxygens (including phenoxy) is 1. The van der Waals surface area contributed by atoms with Gasteiger partial charge < -0.3 is 14.6 Å². The summed E-state index contributed by atoms with van der Waals surface area (Å²) in [4.78, 5) is 12.1. The number of carbonyl (C=O) groups is 1. The van der Waals surface area contributed by atoms with E-state index in [1.807, 2.05) is 24.5 Å². The van der Waals surface area contributed by atoms with Crippen molar-refractivity contribution in [1.82, 2.24) is 9.99 Å². The summed E-state index contributed by atoms with van der Waals surface area (Å²) < 4.78 is 29.9. The third-order valence-corrected chi connectivity index (χ3v) is 5.54. The molecule has 9 nitrogen and oxygen atoms in total. The fourth-order valence-corrected chi connectivity index (χ4v) is 3.61. The summed E-state index contributed by atoms with van der Waals surface area (Å²) in [6.07, 6.45) is 1.55. The molecular weight excluding hydrogens is 418 g/mol. The van der Waals surface area contributed by atoms with Gasteiger partial charge in [-0.2, -0.15) is 5.10 Å². The van der Waals surface area contributed by atoms with Crippen LogP contribution < -0.4 is 20.6 Å². The number of benzene rings is 2. The average molecular weight is 442 g/mol. The lowest BCUT2D eigenvalue weighted by Gasteiger charge is -2.10. The van der Waals surface area contributed by atoms with Gasteiger partial charge in [0.2, 0.25) is 10.0 Å². The van der Waals surface area contributed by atoms with Crippen molar-refractivity contribution in [3.05, 3.63) is 71.5 Å². The molecule has 3 rings (SSSR count). The van der Waals surface area contributed by atoms with Crippen LogP contribution in [0.5, 0.6) is 5.75 Å². The number of hydrazone groups is 1. The largest absolute Gasteiger partial charge is 0.497 e. The minimum absolute atomic E-state index is 0.0487. The molecule has 0 aliphatic rings. The predicted molar refractivity (Wildman–Crippen MR) is 119 cm³/mol. The van der Waals surface area contributed by atoms with E-state index in [4.69, 9.17) is 9.88 Å². The molecule has 0 fully saturated rings. The highest BCUT2D eigenvalue weighted by Crippen LogP contribution is 2.21. The lowest BCUT2D eigenvalue weighted by Crippen LogP contribution is -2.24. The molecule has 2 amide bonds. The van der Waals surface area contributed by atoms with Gasteiger partial charge in [0.05, 0.1) is 18.2 Å². The number of carbonyl (C=O) groups excluding carboxylic acids is 1. The number of nitrogens with one attached hydrogen (secondary N) is 2. The van der Waals surface area contributed by atoms with E-state index in [2.05, 4.69) is 15.8 Å². The Bertz CT molecular complexity index is 1210. The Balaban J connectivity index is 1.69. The van der Waals surface area contributed by atoms with Gasteiger partial charge in [0.15, 0.2) is 0 Å². The lowest BCUT2D eigenvalue weighted by atomic mass is 10.2. The van der Waals surface area contributed by atoms with Crippen molar-refractivity contribution in [3.63, 3.8) is 0 Å². The number of nitrogens with two attached hydrogens (primary N) is 1. The van der Waals surface area contributed by atoms with E-state index in [1.54, 1.807) is 49.7 Å². The summed E-state index contributed by atoms with van der Waals surface area (Å²) in [5.41, 5.74) is 6.42. The fourth-order valence-electron chi connectivity index (χ4n) is 3.09. The molecule has 0 spiro atoms. The Kier molecular flexibility index (Phi) is 6.42. The highest BCUT2D eigenvalue weighted by Gasteiger charge is 2.12. The maximum atomic E-state index is 12.0. The van der Waals surface area contributed by atoms with Crippen LogP contribution >= 0.6 is 0 Å². The van der Waals surface area contributed by atoms with E-state index in [9.17, 15) is 13.2 Å². The fraction of sp³-hybridized carbons (Fsp3) is 0.143. The number of urea groups is 1. The Morgan fingerprint density at radius 1 is 1.10 bits per heavy atom. The number of anilines is 1. The number of aryl methyl sites for hydroxylation is 1. The standard InChI is InChI=1S/C21H23N5O4S/c1-14-12-16(13-23-25-21(27)24-17-4-8-19(30-3)9-5-17)15(2)26(14)18-6-10-20(11-7-18)31(22,28)29/h4-13H,1-3H3,(H2,22,28,29)(H2,24,25,27)/b23-13+. The zero-order chi connectivity index (χ0) is 22.6. The topological polar surface area (TPSA) is 128 Å². The molecule has 0 aliphatic heterocycles. The van der Waals surface area contributed by atoms with Crippen LogP contribution in [0.1, 0.15) is 17.0 Å². The van der Waals surface area contributed by atoms with E-state index < -0.39 is 16.1 Å². The molecule has 0 radical (unpaired) electrons. The zero-order valence-corrected chi connectivity index (χ0v) is 18.1. The van der Waals surface area contributed by atoms with Gasteiger partial charge in [-0.15, -0.1) is 0 Å². The molecule has 0 aliphatic carbocycles. The van der Waals surface area contributed by atoms with Crippen molar-refractivity contribution in [2.75, 3.05) is 12.4 Å². The second-order valence-corrected chi connectivity index (χ2v) is 8.31. The molecule has 2 aromatic carbocycles. The number of amides is 2. The Morgan fingerprint density at radius 3 is 2.32 bits per heavy atom. The molecule has 3 aromatic rings. The van der Waals surface area contributed by atoms with Crippen LogP contribution in [0, 0.1) is 13.8 Å². The SMILES string of the molecule is COc1ccc(NC(=O)N/N=C/c2cc(C)n(-c3ccc(S(N)(=O)=O)cc3)c2C)cc1.